The number of nitrogens with zero attached hydrogens (tertiary/aromatic N) is 1. The van der Waals surface area contributed by atoms with E-state index < -0.39 is 0 Å². The van der Waals surface area contributed by atoms with Crippen molar-refractivity contribution in [3.8, 4) is 0 Å². The van der Waals surface area contributed by atoms with Crippen molar-refractivity contribution in [2.75, 3.05) is 18.0 Å². The summed E-state index contributed by atoms with van der Waals surface area (Å²) in [5.41, 5.74) is 11.1. The summed E-state index contributed by atoms with van der Waals surface area (Å²) in [6.07, 6.45) is 10.2. The number of fused-ring (bicyclic) bond motifs is 1. The zero-order valence-corrected chi connectivity index (χ0v) is 12.8. The molecule has 2 N–H and O–H groups in total. The Morgan fingerprint density at radius 3 is 2.75 bits per heavy atom. The minimum absolute atomic E-state index is 0.112. The zero-order valence-electron chi connectivity index (χ0n) is 12.8. The summed E-state index contributed by atoms with van der Waals surface area (Å²) < 4.78 is 0. The molecule has 0 atom stereocenters. The molecule has 2 heteroatoms. The molecule has 0 amide bonds. The highest BCUT2D eigenvalue weighted by Gasteiger charge is 2.28. The molecule has 1 fully saturated rings. The maximum Gasteiger partial charge on any atom is 0.0398 e. The lowest BCUT2D eigenvalue weighted by molar-refractivity contribution is 0.279. The minimum atomic E-state index is 0.112. The highest BCUT2D eigenvalue weighted by molar-refractivity contribution is 5.56. The number of hydrogen-bond acceptors (Lipinski definition) is 2. The van der Waals surface area contributed by atoms with Gasteiger partial charge in [0.15, 0.2) is 0 Å². The van der Waals surface area contributed by atoms with E-state index in [1.165, 1.54) is 68.3 Å². The molecule has 1 aliphatic carbocycles. The first-order valence-electron chi connectivity index (χ1n) is 8.30. The van der Waals surface area contributed by atoms with Crippen LogP contribution < -0.4 is 10.6 Å². The summed E-state index contributed by atoms with van der Waals surface area (Å²) in [4.78, 5) is 2.57. The summed E-state index contributed by atoms with van der Waals surface area (Å²) in [6.45, 7) is 4.52. The summed E-state index contributed by atoms with van der Waals surface area (Å²) >= 11 is 0. The van der Waals surface area contributed by atoms with Gasteiger partial charge in [-0.2, -0.15) is 0 Å². The monoisotopic (exact) mass is 272 g/mol. The zero-order chi connectivity index (χ0) is 14.0. The van der Waals surface area contributed by atoms with Crippen molar-refractivity contribution in [2.45, 2.75) is 63.8 Å². The quantitative estimate of drug-likeness (QED) is 0.907. The Balaban J connectivity index is 1.67. The molecule has 1 saturated carbocycles. The van der Waals surface area contributed by atoms with Gasteiger partial charge in [-0.1, -0.05) is 37.0 Å². The Morgan fingerprint density at radius 1 is 1.15 bits per heavy atom. The molecule has 1 aliphatic heterocycles. The van der Waals surface area contributed by atoms with Crippen LogP contribution in [0.3, 0.4) is 0 Å². The van der Waals surface area contributed by atoms with Crippen LogP contribution in [0.1, 0.15) is 56.1 Å². The minimum Gasteiger partial charge on any atom is -0.371 e. The molecule has 0 saturated heterocycles. The highest BCUT2D eigenvalue weighted by Crippen LogP contribution is 2.32. The van der Waals surface area contributed by atoms with Gasteiger partial charge < -0.3 is 10.6 Å². The third-order valence-electron chi connectivity index (χ3n) is 5.18. The van der Waals surface area contributed by atoms with Gasteiger partial charge >= 0.3 is 0 Å². The van der Waals surface area contributed by atoms with Crippen molar-refractivity contribution >= 4 is 5.69 Å². The number of benzene rings is 1. The molecule has 0 radical (unpaired) electrons. The van der Waals surface area contributed by atoms with Crippen LogP contribution in [0, 0.1) is 6.92 Å². The molecule has 1 heterocycles. The first-order valence-corrected chi connectivity index (χ1v) is 8.30. The summed E-state index contributed by atoms with van der Waals surface area (Å²) in [7, 11) is 0. The Hall–Kier alpha value is -1.02. The molecule has 2 nitrogen and oxygen atoms in total. The highest BCUT2D eigenvalue weighted by atomic mass is 15.1. The van der Waals surface area contributed by atoms with Crippen LogP contribution in [0.2, 0.25) is 0 Å². The number of nitrogens with two attached hydrogens (primary N) is 1. The lowest BCUT2D eigenvalue weighted by Gasteiger charge is -2.38. The lowest BCUT2D eigenvalue weighted by atomic mass is 9.80. The van der Waals surface area contributed by atoms with Gasteiger partial charge in [0.25, 0.3) is 0 Å². The molecule has 110 valence electrons. The van der Waals surface area contributed by atoms with E-state index in [4.69, 9.17) is 5.73 Å². The molecular weight excluding hydrogens is 244 g/mol. The van der Waals surface area contributed by atoms with Gasteiger partial charge in [0.2, 0.25) is 0 Å². The van der Waals surface area contributed by atoms with E-state index >= 15 is 0 Å². The predicted molar refractivity (Wildman–Crippen MR) is 86.3 cm³/mol. The van der Waals surface area contributed by atoms with Crippen LogP contribution in [0.15, 0.2) is 18.2 Å². The Labute approximate surface area is 123 Å². The van der Waals surface area contributed by atoms with Gasteiger partial charge in [0, 0.05) is 24.3 Å². The van der Waals surface area contributed by atoms with Gasteiger partial charge in [0.05, 0.1) is 0 Å². The van der Waals surface area contributed by atoms with Crippen LogP contribution in [-0.4, -0.2) is 18.6 Å². The predicted octanol–water partition coefficient (Wildman–Crippen LogP) is 3.80. The summed E-state index contributed by atoms with van der Waals surface area (Å²) in [6, 6.07) is 6.92. The van der Waals surface area contributed by atoms with E-state index in [0.717, 1.165) is 13.0 Å². The SMILES string of the molecule is Cc1ccc2c(c1)CCCN2CCC1(N)CCCCC1. The first-order chi connectivity index (χ1) is 9.66. The van der Waals surface area contributed by atoms with Crippen molar-refractivity contribution in [3.63, 3.8) is 0 Å². The van der Waals surface area contributed by atoms with E-state index in [9.17, 15) is 0 Å². The average molecular weight is 272 g/mol. The molecule has 0 aromatic heterocycles. The van der Waals surface area contributed by atoms with Gasteiger partial charge in [-0.05, 0) is 50.7 Å². The molecule has 0 spiro atoms. The van der Waals surface area contributed by atoms with Gasteiger partial charge in [-0.3, -0.25) is 0 Å². The molecular formula is C18H28N2. The van der Waals surface area contributed by atoms with Crippen LogP contribution in [0.25, 0.3) is 0 Å². The largest absolute Gasteiger partial charge is 0.371 e. The summed E-state index contributed by atoms with van der Waals surface area (Å²) in [5.74, 6) is 0. The number of aryl methyl sites for hydroxylation is 2. The van der Waals surface area contributed by atoms with E-state index in [2.05, 4.69) is 30.0 Å². The second-order valence-corrected chi connectivity index (χ2v) is 6.90. The molecule has 1 aromatic carbocycles. The molecule has 20 heavy (non-hydrogen) atoms. The maximum atomic E-state index is 6.59. The molecule has 3 rings (SSSR count). The fourth-order valence-electron chi connectivity index (χ4n) is 3.90. The van der Waals surface area contributed by atoms with Crippen LogP contribution in [0.4, 0.5) is 5.69 Å². The fourth-order valence-corrected chi connectivity index (χ4v) is 3.90. The first kappa shape index (κ1) is 13.9. The van der Waals surface area contributed by atoms with Crippen LogP contribution in [-0.2, 0) is 6.42 Å². The number of hydrogen-bond donors (Lipinski definition) is 1. The van der Waals surface area contributed by atoms with Crippen molar-refractivity contribution in [1.82, 2.24) is 0 Å². The molecule has 1 aromatic rings. The van der Waals surface area contributed by atoms with Crippen molar-refractivity contribution in [2.24, 2.45) is 5.73 Å². The second-order valence-electron chi connectivity index (χ2n) is 6.90. The Morgan fingerprint density at radius 2 is 1.95 bits per heavy atom. The Bertz CT molecular complexity index is 460. The lowest BCUT2D eigenvalue weighted by Crippen LogP contribution is -2.45. The third kappa shape index (κ3) is 3.01. The fraction of sp³-hybridized carbons (Fsp3) is 0.667. The van der Waals surface area contributed by atoms with E-state index in [-0.39, 0.29) is 5.54 Å². The van der Waals surface area contributed by atoms with Crippen molar-refractivity contribution < 1.29 is 0 Å². The number of rotatable bonds is 3. The Kier molecular flexibility index (Phi) is 4.02. The normalized spacial score (nSPS) is 21.6. The van der Waals surface area contributed by atoms with E-state index in [1.807, 2.05) is 0 Å². The summed E-state index contributed by atoms with van der Waals surface area (Å²) in [5, 5.41) is 0. The van der Waals surface area contributed by atoms with Gasteiger partial charge in [-0.25, -0.2) is 0 Å². The van der Waals surface area contributed by atoms with E-state index in [0.29, 0.717) is 0 Å². The van der Waals surface area contributed by atoms with Crippen LogP contribution in [0.5, 0.6) is 0 Å². The molecule has 0 bridgehead atoms. The van der Waals surface area contributed by atoms with Crippen molar-refractivity contribution in [3.05, 3.63) is 29.3 Å². The standard InChI is InChI=1S/C18H28N2/c1-15-7-8-17-16(14-15)6-5-12-20(17)13-11-18(19)9-3-2-4-10-18/h7-8,14H,2-6,9-13,19H2,1H3. The second kappa shape index (κ2) is 5.77. The maximum absolute atomic E-state index is 6.59. The smallest absolute Gasteiger partial charge is 0.0398 e. The topological polar surface area (TPSA) is 29.3 Å². The molecule has 0 unspecified atom stereocenters. The van der Waals surface area contributed by atoms with E-state index in [1.54, 1.807) is 0 Å². The van der Waals surface area contributed by atoms with Crippen molar-refractivity contribution in [1.29, 1.82) is 0 Å². The van der Waals surface area contributed by atoms with Gasteiger partial charge in [0.1, 0.15) is 0 Å². The number of anilines is 1. The van der Waals surface area contributed by atoms with Gasteiger partial charge in [-0.15, -0.1) is 0 Å². The third-order valence-corrected chi connectivity index (χ3v) is 5.18. The molecule has 2 aliphatic rings. The average Bonchev–Trinajstić information content (AvgIpc) is 2.45. The van der Waals surface area contributed by atoms with Crippen LogP contribution >= 0.6 is 0 Å².